The summed E-state index contributed by atoms with van der Waals surface area (Å²) < 4.78 is 45.3. The van der Waals surface area contributed by atoms with Crippen molar-refractivity contribution in [2.75, 3.05) is 44.3 Å². The van der Waals surface area contributed by atoms with Crippen LogP contribution in [0, 0.1) is 5.92 Å². The van der Waals surface area contributed by atoms with Gasteiger partial charge >= 0.3 is 6.18 Å². The third-order valence-corrected chi connectivity index (χ3v) is 4.73. The Morgan fingerprint density at radius 2 is 2.00 bits per heavy atom. The van der Waals surface area contributed by atoms with Crippen LogP contribution in [0.5, 0.6) is 0 Å². The maximum absolute atomic E-state index is 13.3. The molecule has 0 saturated carbocycles. The van der Waals surface area contributed by atoms with Crippen molar-refractivity contribution in [2.24, 2.45) is 5.92 Å². The van der Waals surface area contributed by atoms with E-state index in [1.807, 2.05) is 0 Å². The van der Waals surface area contributed by atoms with Crippen molar-refractivity contribution in [3.05, 3.63) is 22.3 Å². The number of carbonyl (C=O) groups is 1. The van der Waals surface area contributed by atoms with E-state index in [0.717, 1.165) is 6.07 Å². The number of rotatable bonds is 2. The number of anilines is 1. The first kappa shape index (κ1) is 17.5. The molecular formula is C15H17BrF3N3O2. The molecule has 3 heterocycles. The molecule has 0 aliphatic carbocycles. The van der Waals surface area contributed by atoms with Crippen LogP contribution in [0.2, 0.25) is 0 Å². The van der Waals surface area contributed by atoms with Crippen molar-refractivity contribution in [1.29, 1.82) is 0 Å². The van der Waals surface area contributed by atoms with Gasteiger partial charge in [0.2, 0.25) is 5.91 Å². The minimum atomic E-state index is -4.49. The number of halogens is 4. The standard InChI is InChI=1S/C15H17BrF3N3O2/c16-11-7-12(15(17,18)19)13(20-8-11)22-2-1-10(9-22)14(23)21-3-5-24-6-4-21/h7-8,10H,1-6,9H2. The SMILES string of the molecule is O=C(C1CCN(c2ncc(Br)cc2C(F)(F)F)C1)N1CCOCC1. The number of hydrogen-bond acceptors (Lipinski definition) is 4. The van der Waals surface area contributed by atoms with Gasteiger partial charge in [-0.1, -0.05) is 0 Å². The van der Waals surface area contributed by atoms with Gasteiger partial charge in [-0.15, -0.1) is 0 Å². The number of aromatic nitrogens is 1. The monoisotopic (exact) mass is 407 g/mol. The molecule has 132 valence electrons. The van der Waals surface area contributed by atoms with Crippen LogP contribution in [-0.4, -0.2) is 55.2 Å². The van der Waals surface area contributed by atoms with E-state index in [2.05, 4.69) is 20.9 Å². The van der Waals surface area contributed by atoms with Crippen molar-refractivity contribution in [2.45, 2.75) is 12.6 Å². The zero-order chi connectivity index (χ0) is 17.3. The molecule has 1 atom stereocenters. The second-order valence-corrected chi connectivity index (χ2v) is 6.81. The molecule has 1 unspecified atom stereocenters. The van der Waals surface area contributed by atoms with E-state index in [-0.39, 0.29) is 28.7 Å². The molecule has 0 N–H and O–H groups in total. The molecule has 2 aliphatic rings. The second kappa shape index (κ2) is 6.87. The molecule has 2 fully saturated rings. The number of carbonyl (C=O) groups excluding carboxylic acids is 1. The van der Waals surface area contributed by atoms with E-state index >= 15 is 0 Å². The number of amides is 1. The molecule has 0 bridgehead atoms. The third-order valence-electron chi connectivity index (χ3n) is 4.30. The highest BCUT2D eigenvalue weighted by Crippen LogP contribution is 2.38. The number of morpholine rings is 1. The third kappa shape index (κ3) is 3.66. The lowest BCUT2D eigenvalue weighted by molar-refractivity contribution is -0.139. The highest BCUT2D eigenvalue weighted by molar-refractivity contribution is 9.10. The van der Waals surface area contributed by atoms with Gasteiger partial charge in [0, 0.05) is 36.8 Å². The number of hydrogen-bond donors (Lipinski definition) is 0. The highest BCUT2D eigenvalue weighted by Gasteiger charge is 2.39. The lowest BCUT2D eigenvalue weighted by atomic mass is 10.1. The van der Waals surface area contributed by atoms with Crippen LogP contribution in [0.3, 0.4) is 0 Å². The zero-order valence-electron chi connectivity index (χ0n) is 12.9. The Bertz CT molecular complexity index is 620. The molecular weight excluding hydrogens is 391 g/mol. The predicted molar refractivity (Wildman–Crippen MR) is 84.7 cm³/mol. The number of pyridine rings is 1. The molecule has 2 saturated heterocycles. The van der Waals surface area contributed by atoms with Crippen LogP contribution in [0.1, 0.15) is 12.0 Å². The lowest BCUT2D eigenvalue weighted by Crippen LogP contribution is -2.44. The molecule has 2 aliphatic heterocycles. The zero-order valence-corrected chi connectivity index (χ0v) is 14.4. The quantitative estimate of drug-likeness (QED) is 0.755. The largest absolute Gasteiger partial charge is 0.419 e. The van der Waals surface area contributed by atoms with Gasteiger partial charge in [0.05, 0.1) is 24.7 Å². The first-order chi connectivity index (χ1) is 11.4. The van der Waals surface area contributed by atoms with Crippen LogP contribution in [0.4, 0.5) is 19.0 Å². The van der Waals surface area contributed by atoms with E-state index in [9.17, 15) is 18.0 Å². The Labute approximate surface area is 145 Å². The Hall–Kier alpha value is -1.35. The summed E-state index contributed by atoms with van der Waals surface area (Å²) in [6.45, 7) is 2.75. The molecule has 9 heteroatoms. The highest BCUT2D eigenvalue weighted by atomic mass is 79.9. The van der Waals surface area contributed by atoms with Crippen LogP contribution in [-0.2, 0) is 15.7 Å². The first-order valence-electron chi connectivity index (χ1n) is 7.70. The molecule has 0 radical (unpaired) electrons. The summed E-state index contributed by atoms with van der Waals surface area (Å²) in [5, 5.41) is 0. The average molecular weight is 408 g/mol. The summed E-state index contributed by atoms with van der Waals surface area (Å²) in [6, 6.07) is 1.03. The number of alkyl halides is 3. The Morgan fingerprint density at radius 3 is 2.67 bits per heavy atom. The van der Waals surface area contributed by atoms with Crippen molar-refractivity contribution >= 4 is 27.7 Å². The Kier molecular flexibility index (Phi) is 5.00. The normalized spacial score (nSPS) is 22.1. The van der Waals surface area contributed by atoms with E-state index in [0.29, 0.717) is 39.3 Å². The van der Waals surface area contributed by atoms with Gasteiger partial charge < -0.3 is 14.5 Å². The number of nitrogens with zero attached hydrogens (tertiary/aromatic N) is 3. The summed E-state index contributed by atoms with van der Waals surface area (Å²) in [5.74, 6) is -0.413. The van der Waals surface area contributed by atoms with Crippen molar-refractivity contribution in [3.8, 4) is 0 Å². The lowest BCUT2D eigenvalue weighted by Gasteiger charge is -2.29. The minimum Gasteiger partial charge on any atom is -0.378 e. The van der Waals surface area contributed by atoms with Gasteiger partial charge in [0.1, 0.15) is 5.82 Å². The van der Waals surface area contributed by atoms with Crippen LogP contribution in [0.25, 0.3) is 0 Å². The predicted octanol–water partition coefficient (Wildman–Crippen LogP) is 2.55. The van der Waals surface area contributed by atoms with Crippen molar-refractivity contribution < 1.29 is 22.7 Å². The second-order valence-electron chi connectivity index (χ2n) is 5.89. The fourth-order valence-corrected chi connectivity index (χ4v) is 3.42. The van der Waals surface area contributed by atoms with Gasteiger partial charge in [-0.25, -0.2) is 4.98 Å². The molecule has 0 aromatic carbocycles. The molecule has 1 aromatic rings. The van der Waals surface area contributed by atoms with Crippen LogP contribution in [0.15, 0.2) is 16.7 Å². The molecule has 5 nitrogen and oxygen atoms in total. The molecule has 0 spiro atoms. The molecule has 24 heavy (non-hydrogen) atoms. The summed E-state index contributed by atoms with van der Waals surface area (Å²) in [6.07, 6.45) is -2.61. The molecule has 1 aromatic heterocycles. The fraction of sp³-hybridized carbons (Fsp3) is 0.600. The minimum absolute atomic E-state index is 0.00790. The average Bonchev–Trinajstić information content (AvgIpc) is 3.04. The van der Waals surface area contributed by atoms with Gasteiger partial charge in [-0.05, 0) is 28.4 Å². The van der Waals surface area contributed by atoms with E-state index < -0.39 is 11.7 Å². The van der Waals surface area contributed by atoms with Crippen molar-refractivity contribution in [3.63, 3.8) is 0 Å². The van der Waals surface area contributed by atoms with Crippen LogP contribution < -0.4 is 4.90 Å². The maximum atomic E-state index is 13.3. The Balaban J connectivity index is 1.75. The van der Waals surface area contributed by atoms with E-state index in [1.165, 1.54) is 6.20 Å². The first-order valence-corrected chi connectivity index (χ1v) is 8.50. The summed E-state index contributed by atoms with van der Waals surface area (Å²) in [7, 11) is 0. The topological polar surface area (TPSA) is 45.7 Å². The van der Waals surface area contributed by atoms with Gasteiger partial charge in [0.15, 0.2) is 0 Å². The summed E-state index contributed by atoms with van der Waals surface area (Å²) >= 11 is 3.03. The summed E-state index contributed by atoms with van der Waals surface area (Å²) in [4.78, 5) is 19.7. The Morgan fingerprint density at radius 1 is 1.29 bits per heavy atom. The van der Waals surface area contributed by atoms with Gasteiger partial charge in [-0.2, -0.15) is 13.2 Å². The van der Waals surface area contributed by atoms with Crippen LogP contribution >= 0.6 is 15.9 Å². The van der Waals surface area contributed by atoms with E-state index in [4.69, 9.17) is 4.74 Å². The van der Waals surface area contributed by atoms with E-state index in [1.54, 1.807) is 9.80 Å². The summed E-state index contributed by atoms with van der Waals surface area (Å²) in [5.41, 5.74) is -0.781. The van der Waals surface area contributed by atoms with Gasteiger partial charge in [0.25, 0.3) is 0 Å². The van der Waals surface area contributed by atoms with Crippen molar-refractivity contribution in [1.82, 2.24) is 9.88 Å². The van der Waals surface area contributed by atoms with Gasteiger partial charge in [-0.3, -0.25) is 4.79 Å². The maximum Gasteiger partial charge on any atom is 0.419 e. The smallest absolute Gasteiger partial charge is 0.378 e. The fourth-order valence-electron chi connectivity index (χ4n) is 3.09. The number of ether oxygens (including phenoxy) is 1. The molecule has 1 amide bonds. The molecule has 3 rings (SSSR count).